The van der Waals surface area contributed by atoms with Crippen LogP contribution in [-0.2, 0) is 28.5 Å². The highest BCUT2D eigenvalue weighted by Gasteiger charge is 2.93. The monoisotopic (exact) mass is 532 g/mol. The second-order valence-corrected chi connectivity index (χ2v) is 11.3. The van der Waals surface area contributed by atoms with Gasteiger partial charge in [0.15, 0.2) is 22.8 Å². The van der Waals surface area contributed by atoms with Gasteiger partial charge < -0.3 is 44.5 Å². The number of phenols is 3. The lowest BCUT2D eigenvalue weighted by Crippen LogP contribution is -2.72. The van der Waals surface area contributed by atoms with Gasteiger partial charge in [-0.05, 0) is 26.0 Å². The highest BCUT2D eigenvalue weighted by Crippen LogP contribution is 2.75. The minimum absolute atomic E-state index is 0.0885. The molecule has 2 bridgehead atoms. The molecule has 2 aliphatic carbocycles. The van der Waals surface area contributed by atoms with Crippen LogP contribution in [0, 0.1) is 23.2 Å². The van der Waals surface area contributed by atoms with E-state index in [0.29, 0.717) is 5.57 Å². The molecule has 0 unspecified atom stereocenters. The molecule has 1 spiro atoms. The van der Waals surface area contributed by atoms with Gasteiger partial charge in [0.05, 0.1) is 22.8 Å². The van der Waals surface area contributed by atoms with Crippen LogP contribution < -0.4 is 0 Å². The number of aliphatic hydroxyl groups excluding tert-OH is 1. The van der Waals surface area contributed by atoms with Crippen molar-refractivity contribution >= 4 is 17.9 Å². The molecule has 3 saturated heterocycles. The molecule has 3 aliphatic heterocycles. The van der Waals surface area contributed by atoms with E-state index in [0.717, 1.165) is 12.1 Å². The van der Waals surface area contributed by atoms with E-state index in [9.17, 15) is 39.9 Å². The standard InChI is InChI=1S/C26H28O12/c1-8(2)14-15-23(33)36-17(14)18(30)24(4)25(19-20(37-19)26(15,24)34)7-11(22(32)38-25)9(3)35-21(31)10-5-12(27)16(29)13(28)6-10/h5-6,9,11,14-15,17-20,27-30,34H,1,7H2,2-4H3/t9-,11-,14-,15+,17+,18+,19+,20-,24-,25+,26-/m0/s1. The van der Waals surface area contributed by atoms with Crippen molar-refractivity contribution in [2.75, 3.05) is 0 Å². The van der Waals surface area contributed by atoms with E-state index < -0.39 is 100 Å². The second kappa shape index (κ2) is 7.39. The van der Waals surface area contributed by atoms with E-state index in [1.54, 1.807) is 13.8 Å². The Morgan fingerprint density at radius 2 is 1.79 bits per heavy atom. The zero-order valence-corrected chi connectivity index (χ0v) is 20.8. The molecule has 3 heterocycles. The molecule has 1 aromatic rings. The van der Waals surface area contributed by atoms with E-state index in [-0.39, 0.29) is 12.0 Å². The van der Waals surface area contributed by atoms with Crippen LogP contribution in [0.15, 0.2) is 24.3 Å². The molecule has 5 fully saturated rings. The van der Waals surface area contributed by atoms with Crippen LogP contribution in [0.1, 0.15) is 37.6 Å². The highest BCUT2D eigenvalue weighted by molar-refractivity contribution is 5.91. The summed E-state index contributed by atoms with van der Waals surface area (Å²) < 4.78 is 22.7. The van der Waals surface area contributed by atoms with Crippen molar-refractivity contribution in [3.63, 3.8) is 0 Å². The Morgan fingerprint density at radius 3 is 2.39 bits per heavy atom. The van der Waals surface area contributed by atoms with E-state index in [1.165, 1.54) is 6.92 Å². The number of hydrogen-bond donors (Lipinski definition) is 5. The van der Waals surface area contributed by atoms with Crippen molar-refractivity contribution in [3.05, 3.63) is 29.8 Å². The van der Waals surface area contributed by atoms with Gasteiger partial charge in [-0.2, -0.15) is 0 Å². The van der Waals surface area contributed by atoms with Crippen LogP contribution in [0.5, 0.6) is 17.2 Å². The van der Waals surface area contributed by atoms with Crippen molar-refractivity contribution in [2.24, 2.45) is 23.2 Å². The van der Waals surface area contributed by atoms with E-state index >= 15 is 0 Å². The number of benzene rings is 1. The van der Waals surface area contributed by atoms with Crippen LogP contribution in [0.4, 0.5) is 0 Å². The number of esters is 3. The Balaban J connectivity index is 1.31. The quantitative estimate of drug-likeness (QED) is 0.117. The zero-order chi connectivity index (χ0) is 27.7. The molecule has 11 atom stereocenters. The first-order valence-corrected chi connectivity index (χ1v) is 12.3. The molecule has 0 aromatic heterocycles. The van der Waals surface area contributed by atoms with Gasteiger partial charge in [0.2, 0.25) is 0 Å². The van der Waals surface area contributed by atoms with Crippen molar-refractivity contribution in [2.45, 2.75) is 68.9 Å². The number of carbonyl (C=O) groups is 3. The lowest BCUT2D eigenvalue weighted by Gasteiger charge is -2.57. The number of fused-ring (bicyclic) bond motifs is 8. The second-order valence-electron chi connectivity index (χ2n) is 11.3. The fourth-order valence-corrected chi connectivity index (χ4v) is 7.54. The first-order chi connectivity index (χ1) is 17.7. The first kappa shape index (κ1) is 25.0. The fourth-order valence-electron chi connectivity index (χ4n) is 7.54. The van der Waals surface area contributed by atoms with Gasteiger partial charge in [-0.25, -0.2) is 4.79 Å². The molecular weight excluding hydrogens is 504 g/mol. The van der Waals surface area contributed by atoms with Gasteiger partial charge >= 0.3 is 17.9 Å². The Kier molecular flexibility index (Phi) is 4.86. The third kappa shape index (κ3) is 2.67. The summed E-state index contributed by atoms with van der Waals surface area (Å²) in [5.74, 6) is -7.41. The number of carbonyl (C=O) groups excluding carboxylic acids is 3. The Hall–Kier alpha value is -3.35. The summed E-state index contributed by atoms with van der Waals surface area (Å²) in [4.78, 5) is 38.8. The maximum Gasteiger partial charge on any atom is 0.338 e. The Morgan fingerprint density at radius 1 is 1.16 bits per heavy atom. The summed E-state index contributed by atoms with van der Waals surface area (Å²) in [5.41, 5.74) is -4.70. The number of aromatic hydroxyl groups is 3. The number of ether oxygens (including phenoxy) is 4. The van der Waals surface area contributed by atoms with Crippen LogP contribution in [-0.4, -0.2) is 85.2 Å². The molecule has 12 heteroatoms. The first-order valence-electron chi connectivity index (χ1n) is 12.3. The number of aliphatic hydroxyl groups is 2. The summed E-state index contributed by atoms with van der Waals surface area (Å²) >= 11 is 0. The number of rotatable bonds is 4. The normalized spacial score (nSPS) is 44.7. The molecule has 0 amide bonds. The average molecular weight is 532 g/mol. The lowest BCUT2D eigenvalue weighted by molar-refractivity contribution is -0.272. The van der Waals surface area contributed by atoms with Gasteiger partial charge in [-0.1, -0.05) is 19.1 Å². The third-order valence-electron chi connectivity index (χ3n) is 9.53. The van der Waals surface area contributed by atoms with Gasteiger partial charge in [0.1, 0.15) is 36.1 Å². The maximum atomic E-state index is 13.2. The van der Waals surface area contributed by atoms with Gasteiger partial charge in [-0.15, -0.1) is 0 Å². The molecule has 2 saturated carbocycles. The SMILES string of the molecule is C=C(C)[C@@H]1[C@H]2OC(=O)[C@@H]1[C@]1(O)[C@H]3O[C@H]3[C@]3(C[C@@H]([C@H](C)OC(=O)c4cc(O)c(O)c(O)c4)C(=O)O3)[C@]1(C)[C@@H]2O. The number of hydrogen-bond acceptors (Lipinski definition) is 12. The largest absolute Gasteiger partial charge is 0.504 e. The van der Waals surface area contributed by atoms with E-state index in [2.05, 4.69) is 6.58 Å². The number of epoxide rings is 1. The van der Waals surface area contributed by atoms with Crippen molar-refractivity contribution in [1.29, 1.82) is 0 Å². The summed E-state index contributed by atoms with van der Waals surface area (Å²) in [5, 5.41) is 52.7. The maximum absolute atomic E-state index is 13.2. The molecule has 1 aromatic carbocycles. The van der Waals surface area contributed by atoms with Crippen LogP contribution in [0.3, 0.4) is 0 Å². The predicted molar refractivity (Wildman–Crippen MR) is 123 cm³/mol. The highest BCUT2D eigenvalue weighted by atomic mass is 16.7. The molecule has 6 rings (SSSR count). The lowest BCUT2D eigenvalue weighted by atomic mass is 9.50. The molecule has 5 N–H and O–H groups in total. The van der Waals surface area contributed by atoms with Crippen LogP contribution in [0.2, 0.25) is 0 Å². The molecule has 204 valence electrons. The molecule has 38 heavy (non-hydrogen) atoms. The topological polar surface area (TPSA) is 193 Å². The smallest absolute Gasteiger partial charge is 0.338 e. The Labute approximate surface area is 216 Å². The molecular formula is C26H28O12. The van der Waals surface area contributed by atoms with Crippen LogP contribution in [0.25, 0.3) is 0 Å². The fraction of sp³-hybridized carbons (Fsp3) is 0.577. The van der Waals surface area contributed by atoms with Gasteiger partial charge in [0.25, 0.3) is 0 Å². The summed E-state index contributed by atoms with van der Waals surface area (Å²) in [6, 6.07) is 1.81. The minimum Gasteiger partial charge on any atom is -0.504 e. The Bertz CT molecular complexity index is 1280. The average Bonchev–Trinajstić information content (AvgIpc) is 3.44. The van der Waals surface area contributed by atoms with Crippen molar-refractivity contribution in [3.8, 4) is 17.2 Å². The third-order valence-corrected chi connectivity index (χ3v) is 9.53. The van der Waals surface area contributed by atoms with Gasteiger partial charge in [-0.3, -0.25) is 9.59 Å². The van der Waals surface area contributed by atoms with Gasteiger partial charge in [0, 0.05) is 12.3 Å². The minimum atomic E-state index is -1.92. The van der Waals surface area contributed by atoms with Crippen LogP contribution >= 0.6 is 0 Å². The summed E-state index contributed by atoms with van der Waals surface area (Å²) in [7, 11) is 0. The van der Waals surface area contributed by atoms with E-state index in [4.69, 9.17) is 18.9 Å². The molecule has 12 nitrogen and oxygen atoms in total. The zero-order valence-electron chi connectivity index (χ0n) is 20.8. The summed E-state index contributed by atoms with van der Waals surface area (Å²) in [6.07, 6.45) is -5.26. The van der Waals surface area contributed by atoms with Crippen molar-refractivity contribution < 1.29 is 58.9 Å². The van der Waals surface area contributed by atoms with Crippen molar-refractivity contribution in [1.82, 2.24) is 0 Å². The molecule has 5 aliphatic rings. The summed E-state index contributed by atoms with van der Waals surface area (Å²) in [6.45, 7) is 8.64. The van der Waals surface area contributed by atoms with E-state index in [1.807, 2.05) is 0 Å². The molecule has 0 radical (unpaired) electrons. The number of phenolic OH excluding ortho intramolecular Hbond substituents is 3. The predicted octanol–water partition coefficient (Wildman–Crippen LogP) is 0.277.